The average molecular weight is 345 g/mol. The van der Waals surface area contributed by atoms with Gasteiger partial charge in [-0.15, -0.1) is 24.8 Å². The number of ether oxygens (including phenoxy) is 2. The first-order chi connectivity index (χ1) is 9.69. The van der Waals surface area contributed by atoms with Crippen LogP contribution in [0.1, 0.15) is 5.56 Å². The van der Waals surface area contributed by atoms with Crippen LogP contribution >= 0.6 is 24.8 Å². The monoisotopic (exact) mass is 344 g/mol. The highest BCUT2D eigenvalue weighted by Crippen LogP contribution is 2.21. The fourth-order valence-electron chi connectivity index (χ4n) is 1.72. The number of pyridine rings is 1. The first-order valence-electron chi connectivity index (χ1n) is 6.19. The molecule has 120 valence electrons. The summed E-state index contributed by atoms with van der Waals surface area (Å²) in [5, 5.41) is 0. The topological polar surface area (TPSA) is 74.4 Å². The van der Waals surface area contributed by atoms with Gasteiger partial charge in [0.2, 0.25) is 0 Å². The summed E-state index contributed by atoms with van der Waals surface area (Å²) in [5.41, 5.74) is 6.66. The van der Waals surface area contributed by atoms with Crippen molar-refractivity contribution in [1.82, 2.24) is 4.98 Å². The Hall–Kier alpha value is -1.82. The van der Waals surface area contributed by atoms with Gasteiger partial charge in [-0.25, -0.2) is 0 Å². The van der Waals surface area contributed by atoms with Crippen LogP contribution in [0.25, 0.3) is 0 Å². The summed E-state index contributed by atoms with van der Waals surface area (Å²) in [6.07, 6.45) is 3.76. The summed E-state index contributed by atoms with van der Waals surface area (Å²) in [6, 6.07) is 10.3. The molecule has 1 heterocycles. The van der Waals surface area contributed by atoms with Gasteiger partial charge in [-0.2, -0.15) is 0 Å². The quantitative estimate of drug-likeness (QED) is 0.844. The summed E-state index contributed by atoms with van der Waals surface area (Å²) in [5.74, 6) is 1.02. The molecule has 0 radical (unpaired) electrons. The van der Waals surface area contributed by atoms with Crippen LogP contribution in [0.2, 0.25) is 0 Å². The summed E-state index contributed by atoms with van der Waals surface area (Å²) >= 11 is 0. The minimum absolute atomic E-state index is 0. The molecule has 2 aromatic rings. The van der Waals surface area contributed by atoms with Crippen LogP contribution in [0.4, 0.5) is 0 Å². The third-order valence-electron chi connectivity index (χ3n) is 2.77. The van der Waals surface area contributed by atoms with Crippen molar-refractivity contribution in [3.05, 3.63) is 54.4 Å². The molecule has 1 aromatic carbocycles. The number of methoxy groups -OCH3 is 1. The lowest BCUT2D eigenvalue weighted by atomic mass is 10.1. The number of hydrogen-bond donors (Lipinski definition) is 1. The number of nitrogens with two attached hydrogens (primary N) is 1. The van der Waals surface area contributed by atoms with E-state index in [1.54, 1.807) is 24.5 Å². The van der Waals surface area contributed by atoms with Crippen molar-refractivity contribution >= 4 is 30.8 Å². The van der Waals surface area contributed by atoms with Crippen LogP contribution in [0.15, 0.2) is 48.8 Å². The fourth-order valence-corrected chi connectivity index (χ4v) is 1.72. The molecule has 0 aliphatic heterocycles. The maximum Gasteiger partial charge on any atom is 0.322 e. The molecule has 0 saturated carbocycles. The van der Waals surface area contributed by atoms with E-state index in [-0.39, 0.29) is 24.8 Å². The van der Waals surface area contributed by atoms with Gasteiger partial charge in [0.1, 0.15) is 17.5 Å². The molecule has 2 rings (SSSR count). The van der Waals surface area contributed by atoms with E-state index in [9.17, 15) is 4.79 Å². The standard InChI is InChI=1S/C15H16N2O3.2ClH/c1-19-15(18)14(16)10-11-2-4-12(5-3-11)20-13-6-8-17-9-7-13;;/h2-9,14H,10,16H2,1H3;2*1H/t14-;;/m0../s1. The minimum atomic E-state index is -0.646. The van der Waals surface area contributed by atoms with Gasteiger partial charge in [-0.1, -0.05) is 12.1 Å². The number of hydrogen-bond acceptors (Lipinski definition) is 5. The lowest BCUT2D eigenvalue weighted by Gasteiger charge is -2.10. The van der Waals surface area contributed by atoms with Crippen molar-refractivity contribution in [2.24, 2.45) is 5.73 Å². The molecule has 5 nitrogen and oxygen atoms in total. The molecule has 0 aliphatic carbocycles. The normalized spacial score (nSPS) is 10.6. The number of carbonyl (C=O) groups is 1. The molecule has 0 unspecified atom stereocenters. The van der Waals surface area contributed by atoms with E-state index in [1.165, 1.54) is 7.11 Å². The van der Waals surface area contributed by atoms with Gasteiger partial charge in [-0.3, -0.25) is 9.78 Å². The Bertz CT molecular complexity index is 565. The van der Waals surface area contributed by atoms with E-state index in [4.69, 9.17) is 10.5 Å². The SMILES string of the molecule is COC(=O)[C@@H](N)Cc1ccc(Oc2ccncc2)cc1.Cl.Cl. The van der Waals surface area contributed by atoms with Crippen molar-refractivity contribution in [3.8, 4) is 11.5 Å². The molecular weight excluding hydrogens is 327 g/mol. The van der Waals surface area contributed by atoms with Gasteiger partial charge >= 0.3 is 5.97 Å². The lowest BCUT2D eigenvalue weighted by Crippen LogP contribution is -2.33. The van der Waals surface area contributed by atoms with Crippen LogP contribution in [0.5, 0.6) is 11.5 Å². The molecule has 1 atom stereocenters. The zero-order chi connectivity index (χ0) is 14.4. The first kappa shape index (κ1) is 20.2. The Morgan fingerprint density at radius 3 is 2.18 bits per heavy atom. The maximum atomic E-state index is 11.2. The summed E-state index contributed by atoms with van der Waals surface area (Å²) in [4.78, 5) is 15.2. The third kappa shape index (κ3) is 5.89. The largest absolute Gasteiger partial charge is 0.468 e. The van der Waals surface area contributed by atoms with Crippen molar-refractivity contribution in [1.29, 1.82) is 0 Å². The number of esters is 1. The number of halogens is 2. The highest BCUT2D eigenvalue weighted by molar-refractivity contribution is 5.85. The van der Waals surface area contributed by atoms with E-state index in [0.717, 1.165) is 11.3 Å². The van der Waals surface area contributed by atoms with E-state index >= 15 is 0 Å². The predicted molar refractivity (Wildman–Crippen MR) is 88.9 cm³/mol. The van der Waals surface area contributed by atoms with E-state index < -0.39 is 12.0 Å². The fraction of sp³-hybridized carbons (Fsp3) is 0.200. The van der Waals surface area contributed by atoms with E-state index in [1.807, 2.05) is 24.3 Å². The molecule has 0 amide bonds. The molecular formula is C15H18Cl2N2O3. The van der Waals surface area contributed by atoms with Crippen LogP contribution in [-0.4, -0.2) is 24.1 Å². The Balaban J connectivity index is 0.00000220. The summed E-state index contributed by atoms with van der Waals surface area (Å²) < 4.78 is 10.2. The molecule has 0 fully saturated rings. The summed E-state index contributed by atoms with van der Waals surface area (Å²) in [6.45, 7) is 0. The zero-order valence-electron chi connectivity index (χ0n) is 12.0. The van der Waals surface area contributed by atoms with E-state index in [0.29, 0.717) is 12.2 Å². The Morgan fingerprint density at radius 2 is 1.64 bits per heavy atom. The smallest absolute Gasteiger partial charge is 0.322 e. The lowest BCUT2D eigenvalue weighted by molar-refractivity contribution is -0.142. The molecule has 0 saturated heterocycles. The highest BCUT2D eigenvalue weighted by Gasteiger charge is 2.14. The number of rotatable bonds is 5. The second-order valence-corrected chi connectivity index (χ2v) is 4.26. The van der Waals surface area contributed by atoms with Gasteiger partial charge in [0.15, 0.2) is 0 Å². The van der Waals surface area contributed by atoms with Gasteiger partial charge < -0.3 is 15.2 Å². The van der Waals surface area contributed by atoms with Gasteiger partial charge in [-0.05, 0) is 36.2 Å². The van der Waals surface area contributed by atoms with Gasteiger partial charge in [0.25, 0.3) is 0 Å². The summed E-state index contributed by atoms with van der Waals surface area (Å²) in [7, 11) is 1.33. The Labute approximate surface area is 141 Å². The molecule has 2 N–H and O–H groups in total. The zero-order valence-corrected chi connectivity index (χ0v) is 13.6. The maximum absolute atomic E-state index is 11.2. The molecule has 0 aliphatic rings. The number of benzene rings is 1. The minimum Gasteiger partial charge on any atom is -0.468 e. The second-order valence-electron chi connectivity index (χ2n) is 4.26. The van der Waals surface area contributed by atoms with Crippen molar-refractivity contribution in [2.45, 2.75) is 12.5 Å². The van der Waals surface area contributed by atoms with Gasteiger partial charge in [0.05, 0.1) is 7.11 Å². The highest BCUT2D eigenvalue weighted by atomic mass is 35.5. The van der Waals surface area contributed by atoms with Crippen LogP contribution in [0.3, 0.4) is 0 Å². The molecule has 0 spiro atoms. The Kier molecular flexibility index (Phi) is 9.17. The number of carbonyl (C=O) groups excluding carboxylic acids is 1. The van der Waals surface area contributed by atoms with Crippen LogP contribution in [-0.2, 0) is 16.0 Å². The number of nitrogens with zero attached hydrogens (tertiary/aromatic N) is 1. The van der Waals surface area contributed by atoms with E-state index in [2.05, 4.69) is 9.72 Å². The first-order valence-corrected chi connectivity index (χ1v) is 6.19. The molecule has 0 bridgehead atoms. The van der Waals surface area contributed by atoms with Crippen LogP contribution < -0.4 is 10.5 Å². The predicted octanol–water partition coefficient (Wildman–Crippen LogP) is 2.76. The van der Waals surface area contributed by atoms with Crippen molar-refractivity contribution < 1.29 is 14.3 Å². The van der Waals surface area contributed by atoms with Crippen molar-refractivity contribution in [2.75, 3.05) is 7.11 Å². The average Bonchev–Trinajstić information content (AvgIpc) is 2.49. The van der Waals surface area contributed by atoms with Crippen LogP contribution in [0, 0.1) is 0 Å². The molecule has 7 heteroatoms. The third-order valence-corrected chi connectivity index (χ3v) is 2.77. The molecule has 22 heavy (non-hydrogen) atoms. The van der Waals surface area contributed by atoms with Crippen molar-refractivity contribution in [3.63, 3.8) is 0 Å². The Morgan fingerprint density at radius 1 is 1.09 bits per heavy atom. The number of aromatic nitrogens is 1. The van der Waals surface area contributed by atoms with Gasteiger partial charge in [0, 0.05) is 12.4 Å². The second kappa shape index (κ2) is 10.00. The molecule has 1 aromatic heterocycles.